The van der Waals surface area contributed by atoms with Crippen LogP contribution in [0.4, 0.5) is 0 Å². The zero-order chi connectivity index (χ0) is 20.0. The highest BCUT2D eigenvalue weighted by atomic mass is 32.2. The van der Waals surface area contributed by atoms with Crippen LogP contribution in [-0.2, 0) is 4.75 Å². The van der Waals surface area contributed by atoms with Crippen LogP contribution in [0.5, 0.6) is 0 Å². The maximum absolute atomic E-state index is 4.00. The Labute approximate surface area is 170 Å². The molecule has 0 spiro atoms. The third-order valence-corrected chi connectivity index (χ3v) is 6.41. The Hall–Kier alpha value is -2.17. The van der Waals surface area contributed by atoms with Crippen LogP contribution in [0.1, 0.15) is 38.7 Å². The van der Waals surface area contributed by atoms with E-state index in [0.29, 0.717) is 5.92 Å². The van der Waals surface area contributed by atoms with Gasteiger partial charge in [-0.3, -0.25) is 0 Å². The van der Waals surface area contributed by atoms with E-state index in [1.165, 1.54) is 29.7 Å². The highest BCUT2D eigenvalue weighted by Crippen LogP contribution is 2.52. The first-order valence-electron chi connectivity index (χ1n) is 9.61. The molecule has 1 heteroatoms. The number of rotatable bonds is 9. The van der Waals surface area contributed by atoms with Crippen LogP contribution in [0.2, 0.25) is 0 Å². The van der Waals surface area contributed by atoms with Gasteiger partial charge in [0.2, 0.25) is 0 Å². The van der Waals surface area contributed by atoms with Crippen LogP contribution in [0, 0.1) is 18.8 Å². The van der Waals surface area contributed by atoms with Gasteiger partial charge in [-0.15, -0.1) is 24.6 Å². The standard InChI is InChI=1S/C24H30S.C2H2/c1-4-7-15-21(6-3)24(25-20-8-5-2,22-16-11-9-12-17-22)23-18-13-10-14-19-23;1-2/h4,6-7,9-18,23H,1,5,8,19-20H2,2-3H3;1-2H/b15-7-,21-6+;. The van der Waals surface area contributed by atoms with Gasteiger partial charge >= 0.3 is 0 Å². The zero-order valence-corrected chi connectivity index (χ0v) is 17.5. The second-order valence-corrected chi connectivity index (χ2v) is 7.64. The fourth-order valence-electron chi connectivity index (χ4n) is 3.42. The van der Waals surface area contributed by atoms with Crippen molar-refractivity contribution < 1.29 is 0 Å². The molecule has 0 nitrogen and oxygen atoms in total. The topological polar surface area (TPSA) is 0 Å². The van der Waals surface area contributed by atoms with E-state index in [-0.39, 0.29) is 4.75 Å². The zero-order valence-electron chi connectivity index (χ0n) is 16.7. The number of thioether (sulfide) groups is 1. The number of terminal acetylenes is 1. The molecule has 0 aromatic heterocycles. The molecular weight excluding hydrogens is 344 g/mol. The molecule has 27 heavy (non-hydrogen) atoms. The van der Waals surface area contributed by atoms with E-state index in [0.717, 1.165) is 6.42 Å². The predicted molar refractivity (Wildman–Crippen MR) is 125 cm³/mol. The van der Waals surface area contributed by atoms with E-state index in [2.05, 4.69) is 118 Å². The maximum Gasteiger partial charge on any atom is 0.0719 e. The van der Waals surface area contributed by atoms with Gasteiger partial charge in [-0.25, -0.2) is 0 Å². The van der Waals surface area contributed by atoms with Crippen molar-refractivity contribution in [3.63, 3.8) is 0 Å². The Morgan fingerprint density at radius 1 is 1.26 bits per heavy atom. The summed E-state index contributed by atoms with van der Waals surface area (Å²) >= 11 is 2.10. The Kier molecular flexibility index (Phi) is 11.1. The van der Waals surface area contributed by atoms with Crippen LogP contribution in [0.25, 0.3) is 0 Å². The van der Waals surface area contributed by atoms with Gasteiger partial charge in [0.25, 0.3) is 0 Å². The lowest BCUT2D eigenvalue weighted by Gasteiger charge is -2.41. The predicted octanol–water partition coefficient (Wildman–Crippen LogP) is 7.49. The van der Waals surface area contributed by atoms with Crippen LogP contribution in [0.3, 0.4) is 0 Å². The van der Waals surface area contributed by atoms with E-state index < -0.39 is 0 Å². The molecule has 142 valence electrons. The van der Waals surface area contributed by atoms with Crippen molar-refractivity contribution in [3.05, 3.63) is 96.7 Å². The van der Waals surface area contributed by atoms with Gasteiger partial charge in [0.05, 0.1) is 4.75 Å². The summed E-state index contributed by atoms with van der Waals surface area (Å²) in [5.74, 6) is 1.61. The molecule has 0 fully saturated rings. The monoisotopic (exact) mass is 376 g/mol. The van der Waals surface area contributed by atoms with E-state index in [1.54, 1.807) is 0 Å². The normalized spacial score (nSPS) is 18.5. The van der Waals surface area contributed by atoms with Crippen molar-refractivity contribution in [2.75, 3.05) is 5.75 Å². The molecule has 1 aromatic rings. The van der Waals surface area contributed by atoms with E-state index in [1.807, 2.05) is 6.08 Å². The number of allylic oxidation sites excluding steroid dienone is 8. The average molecular weight is 377 g/mol. The highest BCUT2D eigenvalue weighted by Gasteiger charge is 2.41. The van der Waals surface area contributed by atoms with Crippen LogP contribution in [0.15, 0.2) is 91.1 Å². The summed E-state index contributed by atoms with van der Waals surface area (Å²) in [5.41, 5.74) is 2.76. The number of benzene rings is 1. The van der Waals surface area contributed by atoms with Gasteiger partial charge in [-0.05, 0) is 36.7 Å². The summed E-state index contributed by atoms with van der Waals surface area (Å²) in [4.78, 5) is 0. The minimum atomic E-state index is -0.0635. The van der Waals surface area contributed by atoms with Crippen molar-refractivity contribution in [2.24, 2.45) is 5.92 Å². The van der Waals surface area contributed by atoms with Crippen molar-refractivity contribution in [3.8, 4) is 12.8 Å². The first-order valence-corrected chi connectivity index (χ1v) is 10.6. The van der Waals surface area contributed by atoms with Gasteiger partial charge in [-0.2, -0.15) is 0 Å². The Balaban J connectivity index is 0.00000176. The fourth-order valence-corrected chi connectivity index (χ4v) is 5.22. The third kappa shape index (κ3) is 5.91. The lowest BCUT2D eigenvalue weighted by atomic mass is 9.76. The second kappa shape index (κ2) is 13.1. The summed E-state index contributed by atoms with van der Waals surface area (Å²) in [6, 6.07) is 11.0. The molecule has 1 aliphatic rings. The van der Waals surface area contributed by atoms with Crippen molar-refractivity contribution in [2.45, 2.75) is 37.9 Å². The van der Waals surface area contributed by atoms with E-state index in [4.69, 9.17) is 0 Å². The first-order chi connectivity index (χ1) is 13.3. The van der Waals surface area contributed by atoms with Gasteiger partial charge in [0, 0.05) is 5.92 Å². The lowest BCUT2D eigenvalue weighted by Crippen LogP contribution is -2.33. The summed E-state index contributed by atoms with van der Waals surface area (Å²) < 4.78 is -0.0635. The summed E-state index contributed by atoms with van der Waals surface area (Å²) in [6.45, 7) is 8.29. The van der Waals surface area contributed by atoms with E-state index in [9.17, 15) is 0 Å². The molecule has 0 bridgehead atoms. The average Bonchev–Trinajstić information content (AvgIpc) is 2.75. The number of hydrogen-bond acceptors (Lipinski definition) is 1. The van der Waals surface area contributed by atoms with Crippen LogP contribution < -0.4 is 0 Å². The summed E-state index contributed by atoms with van der Waals surface area (Å²) in [6.07, 6.45) is 29.0. The van der Waals surface area contributed by atoms with Crippen molar-refractivity contribution >= 4 is 11.8 Å². The van der Waals surface area contributed by atoms with Gasteiger partial charge in [0.1, 0.15) is 0 Å². The largest absolute Gasteiger partial charge is 0.145 e. The molecule has 0 aliphatic heterocycles. The first kappa shape index (κ1) is 22.9. The van der Waals surface area contributed by atoms with Crippen molar-refractivity contribution in [1.82, 2.24) is 0 Å². The molecular formula is C26H32S. The van der Waals surface area contributed by atoms with Gasteiger partial charge in [0.15, 0.2) is 0 Å². The molecule has 2 rings (SSSR count). The van der Waals surface area contributed by atoms with E-state index >= 15 is 0 Å². The molecule has 0 saturated heterocycles. The summed E-state index contributed by atoms with van der Waals surface area (Å²) in [7, 11) is 0. The molecule has 0 saturated carbocycles. The van der Waals surface area contributed by atoms with Gasteiger partial charge < -0.3 is 0 Å². The molecule has 0 amide bonds. The molecule has 1 aliphatic carbocycles. The lowest BCUT2D eigenvalue weighted by molar-refractivity contribution is 0.524. The van der Waals surface area contributed by atoms with Crippen LogP contribution >= 0.6 is 11.8 Å². The maximum atomic E-state index is 4.00. The Morgan fingerprint density at radius 3 is 2.56 bits per heavy atom. The second-order valence-electron chi connectivity index (χ2n) is 6.30. The fraction of sp³-hybridized carbons (Fsp3) is 0.308. The number of hydrogen-bond donors (Lipinski definition) is 0. The minimum absolute atomic E-state index is 0.0635. The SMILES string of the molecule is C#C.C=C/C=C\C(=C/C)C(SCCCC)(c1ccccc1)C1C=CC=CC1. The van der Waals surface area contributed by atoms with Gasteiger partial charge in [-0.1, -0.05) is 98.9 Å². The van der Waals surface area contributed by atoms with Crippen LogP contribution in [-0.4, -0.2) is 5.75 Å². The molecule has 0 radical (unpaired) electrons. The molecule has 2 unspecified atom stereocenters. The molecule has 2 atom stereocenters. The number of unbranched alkanes of at least 4 members (excludes halogenated alkanes) is 1. The Morgan fingerprint density at radius 2 is 2.00 bits per heavy atom. The third-order valence-electron chi connectivity index (χ3n) is 4.68. The Bertz CT molecular complexity index is 687. The summed E-state index contributed by atoms with van der Waals surface area (Å²) in [5, 5.41) is 0. The smallest absolute Gasteiger partial charge is 0.0719 e. The quantitative estimate of drug-likeness (QED) is 0.244. The highest BCUT2D eigenvalue weighted by molar-refractivity contribution is 8.00. The molecule has 0 N–H and O–H groups in total. The molecule has 1 aromatic carbocycles. The molecule has 0 heterocycles. The minimum Gasteiger partial charge on any atom is -0.145 e. The van der Waals surface area contributed by atoms with Crippen molar-refractivity contribution in [1.29, 1.82) is 0 Å².